The highest BCUT2D eigenvalue weighted by atomic mass is 32.2. The van der Waals surface area contributed by atoms with E-state index in [-0.39, 0.29) is 0 Å². The molecule has 0 aliphatic carbocycles. The molecule has 0 spiro atoms. The summed E-state index contributed by atoms with van der Waals surface area (Å²) in [5.74, 6) is 0.603. The van der Waals surface area contributed by atoms with Crippen LogP contribution in [0.3, 0.4) is 0 Å². The highest BCUT2D eigenvalue weighted by molar-refractivity contribution is 7.87. The number of fused-ring (bicyclic) bond motifs is 3. The Balaban J connectivity index is 1.79. The number of aromatic nitrogens is 2. The van der Waals surface area contributed by atoms with E-state index in [1.54, 1.807) is 0 Å². The maximum Gasteiger partial charge on any atom is 0.303 e. The summed E-state index contributed by atoms with van der Waals surface area (Å²) in [4.78, 5) is 23.9. The lowest BCUT2D eigenvalue weighted by molar-refractivity contribution is -0.120. The number of carbonyl (C=O) groups is 1. The second kappa shape index (κ2) is 7.27. The minimum absolute atomic E-state index is 0.513. The topological polar surface area (TPSA) is 109 Å². The number of amides is 1. The molecule has 1 aliphatic rings. The van der Waals surface area contributed by atoms with Crippen molar-refractivity contribution in [1.29, 1.82) is 0 Å². The van der Waals surface area contributed by atoms with Gasteiger partial charge in [0.1, 0.15) is 23.0 Å². The molecule has 1 N–H and O–H groups in total. The van der Waals surface area contributed by atoms with E-state index in [0.29, 0.717) is 47.7 Å². The molecular formula is C19H23N5O4S. The van der Waals surface area contributed by atoms with Crippen LogP contribution in [0, 0.1) is 0 Å². The van der Waals surface area contributed by atoms with Crippen molar-refractivity contribution < 1.29 is 17.6 Å². The van der Waals surface area contributed by atoms with Crippen LogP contribution in [0.25, 0.3) is 22.1 Å². The summed E-state index contributed by atoms with van der Waals surface area (Å²) in [6.07, 6.45) is 1.90. The van der Waals surface area contributed by atoms with Gasteiger partial charge >= 0.3 is 10.2 Å². The monoisotopic (exact) mass is 417 g/mol. The van der Waals surface area contributed by atoms with E-state index in [9.17, 15) is 13.2 Å². The van der Waals surface area contributed by atoms with Crippen molar-refractivity contribution >= 4 is 44.0 Å². The number of anilines is 1. The van der Waals surface area contributed by atoms with E-state index in [0.717, 1.165) is 16.1 Å². The normalized spacial score (nSPS) is 17.5. The highest BCUT2D eigenvalue weighted by Gasteiger charge is 2.36. The van der Waals surface area contributed by atoms with Gasteiger partial charge in [0.15, 0.2) is 11.4 Å². The van der Waals surface area contributed by atoms with Crippen molar-refractivity contribution in [2.75, 3.05) is 25.5 Å². The van der Waals surface area contributed by atoms with Crippen LogP contribution in [0.5, 0.6) is 0 Å². The quantitative estimate of drug-likeness (QED) is 0.674. The molecule has 9 nitrogen and oxygen atoms in total. The number of carbonyl (C=O) groups excluding carboxylic acids is 1. The van der Waals surface area contributed by atoms with Gasteiger partial charge in [0.05, 0.1) is 0 Å². The predicted octanol–water partition coefficient (Wildman–Crippen LogP) is 1.83. The van der Waals surface area contributed by atoms with Gasteiger partial charge in [-0.05, 0) is 25.0 Å². The van der Waals surface area contributed by atoms with Gasteiger partial charge in [0.25, 0.3) is 5.91 Å². The Morgan fingerprint density at radius 3 is 2.79 bits per heavy atom. The fourth-order valence-electron chi connectivity index (χ4n) is 3.55. The zero-order valence-corrected chi connectivity index (χ0v) is 17.4. The van der Waals surface area contributed by atoms with Crippen LogP contribution >= 0.6 is 0 Å². The van der Waals surface area contributed by atoms with Crippen molar-refractivity contribution in [1.82, 2.24) is 19.0 Å². The molecule has 1 aliphatic heterocycles. The average molecular weight is 417 g/mol. The number of rotatable bonds is 5. The average Bonchev–Trinajstić information content (AvgIpc) is 3.31. The smallest absolute Gasteiger partial charge is 0.303 e. The first-order valence-corrected chi connectivity index (χ1v) is 10.9. The summed E-state index contributed by atoms with van der Waals surface area (Å²) in [5.41, 5.74) is 1.91. The molecule has 1 amide bonds. The summed E-state index contributed by atoms with van der Waals surface area (Å²) in [6.45, 7) is 2.54. The largest absolute Gasteiger partial charge is 0.450 e. The fourth-order valence-corrected chi connectivity index (χ4v) is 4.13. The standard InChI is InChI=1S/C19H23N5O4S/c1-4-15-20-16-12-8-5-6-10-14(12)28-17(16)18(21-15)24-11-7-9-13(24)19(25)22-29(26,27)23(2)3/h5-6,8,10,13H,4,7,9,11H2,1-3H3,(H,22,25). The zero-order valence-electron chi connectivity index (χ0n) is 16.5. The van der Waals surface area contributed by atoms with Crippen LogP contribution in [0.2, 0.25) is 0 Å². The summed E-state index contributed by atoms with van der Waals surface area (Å²) in [6, 6.07) is 6.96. The van der Waals surface area contributed by atoms with E-state index >= 15 is 0 Å². The van der Waals surface area contributed by atoms with E-state index in [1.165, 1.54) is 14.1 Å². The number of furan rings is 1. The molecule has 1 atom stereocenters. The maximum atomic E-state index is 12.8. The Morgan fingerprint density at radius 2 is 2.07 bits per heavy atom. The molecule has 1 aromatic carbocycles. The second-order valence-electron chi connectivity index (χ2n) is 7.20. The van der Waals surface area contributed by atoms with Crippen LogP contribution in [-0.4, -0.2) is 55.3 Å². The van der Waals surface area contributed by atoms with Crippen LogP contribution in [0.1, 0.15) is 25.6 Å². The van der Waals surface area contributed by atoms with E-state index in [2.05, 4.69) is 14.7 Å². The van der Waals surface area contributed by atoms with Crippen molar-refractivity contribution in [2.24, 2.45) is 0 Å². The van der Waals surface area contributed by atoms with Gasteiger partial charge in [0, 0.05) is 32.4 Å². The lowest BCUT2D eigenvalue weighted by Crippen LogP contribution is -2.48. The number of hydrogen-bond acceptors (Lipinski definition) is 7. The Kier molecular flexibility index (Phi) is 4.91. The number of hydrogen-bond donors (Lipinski definition) is 1. The Hall–Kier alpha value is -2.72. The number of nitrogens with zero attached hydrogens (tertiary/aromatic N) is 4. The SMILES string of the molecule is CCc1nc(N2CCCC2C(=O)NS(=O)(=O)N(C)C)c2oc3ccccc3c2n1. The molecule has 3 aromatic rings. The van der Waals surface area contributed by atoms with Gasteiger partial charge in [-0.25, -0.2) is 14.7 Å². The third-order valence-electron chi connectivity index (χ3n) is 5.10. The van der Waals surface area contributed by atoms with Crippen molar-refractivity contribution in [3.8, 4) is 0 Å². The first-order chi connectivity index (χ1) is 13.8. The molecule has 0 bridgehead atoms. The molecule has 3 heterocycles. The number of para-hydroxylation sites is 1. The van der Waals surface area contributed by atoms with E-state index < -0.39 is 22.2 Å². The van der Waals surface area contributed by atoms with Crippen molar-refractivity contribution in [3.63, 3.8) is 0 Å². The zero-order chi connectivity index (χ0) is 20.8. The van der Waals surface area contributed by atoms with Gasteiger partial charge in [0.2, 0.25) is 0 Å². The third-order valence-corrected chi connectivity index (χ3v) is 6.52. The molecular weight excluding hydrogens is 394 g/mol. The molecule has 154 valence electrons. The van der Waals surface area contributed by atoms with Gasteiger partial charge in [-0.2, -0.15) is 12.7 Å². The van der Waals surface area contributed by atoms with E-state index in [4.69, 9.17) is 4.42 Å². The summed E-state index contributed by atoms with van der Waals surface area (Å²) in [7, 11) is -1.12. The van der Waals surface area contributed by atoms with Gasteiger partial charge < -0.3 is 9.32 Å². The maximum absolute atomic E-state index is 12.8. The fraction of sp³-hybridized carbons (Fsp3) is 0.421. The lowest BCUT2D eigenvalue weighted by Gasteiger charge is -2.25. The van der Waals surface area contributed by atoms with Crippen LogP contribution in [0.4, 0.5) is 5.82 Å². The van der Waals surface area contributed by atoms with Crippen LogP contribution in [0.15, 0.2) is 28.7 Å². The summed E-state index contributed by atoms with van der Waals surface area (Å²) < 4.78 is 33.4. The van der Waals surface area contributed by atoms with Crippen LogP contribution in [-0.2, 0) is 21.4 Å². The molecule has 29 heavy (non-hydrogen) atoms. The van der Waals surface area contributed by atoms with Crippen molar-refractivity contribution in [3.05, 3.63) is 30.1 Å². The minimum atomic E-state index is -3.87. The van der Waals surface area contributed by atoms with Gasteiger partial charge in [-0.3, -0.25) is 4.79 Å². The Labute approximate surface area is 168 Å². The Morgan fingerprint density at radius 1 is 1.31 bits per heavy atom. The highest BCUT2D eigenvalue weighted by Crippen LogP contribution is 2.35. The van der Waals surface area contributed by atoms with Crippen molar-refractivity contribution in [2.45, 2.75) is 32.2 Å². The number of nitrogens with one attached hydrogen (secondary N) is 1. The first kappa shape index (κ1) is 19.6. The molecule has 1 fully saturated rings. The third kappa shape index (κ3) is 3.42. The number of benzene rings is 1. The lowest BCUT2D eigenvalue weighted by atomic mass is 10.2. The first-order valence-electron chi connectivity index (χ1n) is 9.50. The Bertz CT molecular complexity index is 1190. The molecule has 0 saturated carbocycles. The van der Waals surface area contributed by atoms with Crippen LogP contribution < -0.4 is 9.62 Å². The number of aryl methyl sites for hydroxylation is 1. The molecule has 0 radical (unpaired) electrons. The van der Waals surface area contributed by atoms with Gasteiger partial charge in [-0.1, -0.05) is 19.1 Å². The molecule has 1 unspecified atom stereocenters. The van der Waals surface area contributed by atoms with Gasteiger partial charge in [-0.15, -0.1) is 0 Å². The predicted molar refractivity (Wildman–Crippen MR) is 110 cm³/mol. The summed E-state index contributed by atoms with van der Waals surface area (Å²) >= 11 is 0. The molecule has 2 aromatic heterocycles. The second-order valence-corrected chi connectivity index (χ2v) is 9.08. The minimum Gasteiger partial charge on any atom is -0.450 e. The summed E-state index contributed by atoms with van der Waals surface area (Å²) in [5, 5.41) is 0.885. The molecule has 10 heteroatoms. The molecule has 4 rings (SSSR count). The molecule has 1 saturated heterocycles. The van der Waals surface area contributed by atoms with E-state index in [1.807, 2.05) is 36.1 Å².